The normalized spacial score (nSPS) is 23.4. The topological polar surface area (TPSA) is 62.7 Å². The van der Waals surface area contributed by atoms with Crippen molar-refractivity contribution in [3.63, 3.8) is 0 Å². The van der Waals surface area contributed by atoms with Crippen molar-refractivity contribution in [1.82, 2.24) is 9.88 Å². The molecule has 0 aliphatic carbocycles. The highest BCUT2D eigenvalue weighted by atomic mass is 79.9. The summed E-state index contributed by atoms with van der Waals surface area (Å²) >= 11 is 3.31. The minimum Gasteiger partial charge on any atom is -0.394 e. The zero-order valence-corrected chi connectivity index (χ0v) is 11.6. The minimum absolute atomic E-state index is 0.00767. The second-order valence-corrected chi connectivity index (χ2v) is 5.10. The lowest BCUT2D eigenvalue weighted by atomic mass is 10.2. The molecule has 1 N–H and O–H groups in total. The molecule has 1 aliphatic heterocycles. The quantitative estimate of drug-likeness (QED) is 0.906. The molecular formula is C12H15BrN2O3. The van der Waals surface area contributed by atoms with Gasteiger partial charge in [0.15, 0.2) is 0 Å². The van der Waals surface area contributed by atoms with Crippen LogP contribution in [0.1, 0.15) is 16.8 Å². The highest BCUT2D eigenvalue weighted by molar-refractivity contribution is 9.10. The first kappa shape index (κ1) is 13.5. The van der Waals surface area contributed by atoms with Crippen LogP contribution in [0.5, 0.6) is 0 Å². The Morgan fingerprint density at radius 1 is 1.72 bits per heavy atom. The molecule has 98 valence electrons. The fourth-order valence-electron chi connectivity index (χ4n) is 2.17. The number of halogens is 1. The maximum atomic E-state index is 12.4. The smallest absolute Gasteiger partial charge is 0.255 e. The summed E-state index contributed by atoms with van der Waals surface area (Å²) in [7, 11) is 1.62. The molecule has 2 rings (SSSR count). The van der Waals surface area contributed by atoms with Crippen LogP contribution in [0.4, 0.5) is 0 Å². The van der Waals surface area contributed by atoms with E-state index in [1.54, 1.807) is 30.5 Å². The maximum absolute atomic E-state index is 12.4. The lowest BCUT2D eigenvalue weighted by Crippen LogP contribution is -2.38. The zero-order chi connectivity index (χ0) is 13.1. The first-order valence-electron chi connectivity index (χ1n) is 5.71. The van der Waals surface area contributed by atoms with Gasteiger partial charge in [-0.25, -0.2) is 0 Å². The number of hydrogen-bond acceptors (Lipinski definition) is 4. The zero-order valence-electron chi connectivity index (χ0n) is 10.0. The molecule has 1 aromatic rings. The van der Waals surface area contributed by atoms with E-state index in [1.807, 2.05) is 0 Å². The van der Waals surface area contributed by atoms with Gasteiger partial charge >= 0.3 is 0 Å². The highest BCUT2D eigenvalue weighted by Gasteiger charge is 2.35. The number of carbonyl (C=O) groups excluding carboxylic acids is 1. The van der Waals surface area contributed by atoms with Crippen molar-refractivity contribution in [2.75, 3.05) is 20.3 Å². The Labute approximate surface area is 114 Å². The summed E-state index contributed by atoms with van der Waals surface area (Å²) in [6.45, 7) is 0.462. The number of aliphatic hydroxyl groups excluding tert-OH is 1. The molecule has 2 heterocycles. The Morgan fingerprint density at radius 2 is 2.50 bits per heavy atom. The third-order valence-electron chi connectivity index (χ3n) is 3.18. The Kier molecular flexibility index (Phi) is 4.31. The van der Waals surface area contributed by atoms with Crippen molar-refractivity contribution in [3.05, 3.63) is 28.5 Å². The van der Waals surface area contributed by atoms with Crippen molar-refractivity contribution in [2.45, 2.75) is 18.6 Å². The van der Waals surface area contributed by atoms with Crippen LogP contribution in [0, 0.1) is 0 Å². The number of rotatable bonds is 3. The van der Waals surface area contributed by atoms with Crippen LogP contribution in [-0.2, 0) is 4.74 Å². The minimum atomic E-state index is -0.178. The first-order chi connectivity index (χ1) is 8.67. The predicted molar refractivity (Wildman–Crippen MR) is 69.3 cm³/mol. The molecule has 6 heteroatoms. The number of aromatic nitrogens is 1. The van der Waals surface area contributed by atoms with E-state index in [-0.39, 0.29) is 24.7 Å². The summed E-state index contributed by atoms with van der Waals surface area (Å²) in [4.78, 5) is 18.0. The van der Waals surface area contributed by atoms with Crippen LogP contribution < -0.4 is 0 Å². The number of ether oxygens (including phenoxy) is 1. The Balaban J connectivity index is 2.21. The molecule has 18 heavy (non-hydrogen) atoms. The van der Waals surface area contributed by atoms with Crippen molar-refractivity contribution < 1.29 is 14.6 Å². The molecule has 5 nitrogen and oxygen atoms in total. The standard InChI is InChI=1S/C12H15BrN2O3/c1-18-9-4-8(7-16)15(6-9)12(17)10-2-3-14-5-11(10)13/h2-3,5,8-9,16H,4,6-7H2,1H3/t8-,9-/m0/s1. The van der Waals surface area contributed by atoms with E-state index < -0.39 is 0 Å². The largest absolute Gasteiger partial charge is 0.394 e. The van der Waals surface area contributed by atoms with Gasteiger partial charge in [0.1, 0.15) is 0 Å². The van der Waals surface area contributed by atoms with Crippen LogP contribution in [-0.4, -0.2) is 53.3 Å². The number of aliphatic hydroxyl groups is 1. The maximum Gasteiger partial charge on any atom is 0.255 e. The Morgan fingerprint density at radius 3 is 3.11 bits per heavy atom. The van der Waals surface area contributed by atoms with Gasteiger partial charge in [0.25, 0.3) is 5.91 Å². The lowest BCUT2D eigenvalue weighted by Gasteiger charge is -2.23. The van der Waals surface area contributed by atoms with Gasteiger partial charge in [-0.15, -0.1) is 0 Å². The summed E-state index contributed by atoms with van der Waals surface area (Å²) < 4.78 is 5.92. The van der Waals surface area contributed by atoms with Gasteiger partial charge in [-0.3, -0.25) is 9.78 Å². The average molecular weight is 315 g/mol. The molecule has 0 radical (unpaired) electrons. The van der Waals surface area contributed by atoms with E-state index in [0.717, 1.165) is 0 Å². The van der Waals surface area contributed by atoms with E-state index >= 15 is 0 Å². The number of likely N-dealkylation sites (tertiary alicyclic amines) is 1. The van der Waals surface area contributed by atoms with E-state index in [0.29, 0.717) is 23.0 Å². The monoisotopic (exact) mass is 314 g/mol. The van der Waals surface area contributed by atoms with Crippen LogP contribution >= 0.6 is 15.9 Å². The number of amides is 1. The molecule has 2 atom stereocenters. The molecule has 1 fully saturated rings. The summed E-state index contributed by atoms with van der Waals surface area (Å²) in [6, 6.07) is 1.49. The Bertz CT molecular complexity index is 441. The molecule has 1 aliphatic rings. The molecule has 0 unspecified atom stereocenters. The van der Waals surface area contributed by atoms with Gasteiger partial charge in [-0.1, -0.05) is 0 Å². The van der Waals surface area contributed by atoms with Crippen molar-refractivity contribution in [3.8, 4) is 0 Å². The van der Waals surface area contributed by atoms with Gasteiger partial charge in [-0.05, 0) is 28.4 Å². The summed E-state index contributed by atoms with van der Waals surface area (Å²) in [5.74, 6) is -0.108. The summed E-state index contributed by atoms with van der Waals surface area (Å²) in [5.41, 5.74) is 0.556. The van der Waals surface area contributed by atoms with Crippen molar-refractivity contribution in [1.29, 1.82) is 0 Å². The molecule has 1 aromatic heterocycles. The van der Waals surface area contributed by atoms with Gasteiger partial charge in [0, 0.05) is 30.5 Å². The molecule has 0 bridgehead atoms. The van der Waals surface area contributed by atoms with Crippen LogP contribution in [0.25, 0.3) is 0 Å². The van der Waals surface area contributed by atoms with E-state index in [1.165, 1.54) is 0 Å². The van der Waals surface area contributed by atoms with E-state index in [4.69, 9.17) is 4.74 Å². The molecule has 1 saturated heterocycles. The van der Waals surface area contributed by atoms with Crippen molar-refractivity contribution in [2.24, 2.45) is 0 Å². The number of hydrogen-bond donors (Lipinski definition) is 1. The number of pyridine rings is 1. The number of nitrogens with zero attached hydrogens (tertiary/aromatic N) is 2. The summed E-state index contributed by atoms with van der Waals surface area (Å²) in [6.07, 6.45) is 3.83. The fraction of sp³-hybridized carbons (Fsp3) is 0.500. The summed E-state index contributed by atoms with van der Waals surface area (Å²) in [5, 5.41) is 9.34. The highest BCUT2D eigenvalue weighted by Crippen LogP contribution is 2.24. The van der Waals surface area contributed by atoms with Crippen LogP contribution in [0.2, 0.25) is 0 Å². The first-order valence-corrected chi connectivity index (χ1v) is 6.50. The van der Waals surface area contributed by atoms with E-state index in [9.17, 15) is 9.90 Å². The Hall–Kier alpha value is -0.980. The fourth-order valence-corrected chi connectivity index (χ4v) is 2.59. The van der Waals surface area contributed by atoms with Crippen LogP contribution in [0.15, 0.2) is 22.9 Å². The third-order valence-corrected chi connectivity index (χ3v) is 3.82. The third kappa shape index (κ3) is 2.55. The van der Waals surface area contributed by atoms with Gasteiger partial charge in [-0.2, -0.15) is 0 Å². The van der Waals surface area contributed by atoms with E-state index in [2.05, 4.69) is 20.9 Å². The molecule has 0 saturated carbocycles. The van der Waals surface area contributed by atoms with Crippen molar-refractivity contribution >= 4 is 21.8 Å². The molecule has 1 amide bonds. The average Bonchev–Trinajstić information content (AvgIpc) is 2.82. The number of methoxy groups -OCH3 is 1. The SMILES string of the molecule is CO[C@H]1C[C@@H](CO)N(C(=O)c2ccncc2Br)C1. The predicted octanol–water partition coefficient (Wildman–Crippen LogP) is 1.07. The van der Waals surface area contributed by atoms with Gasteiger partial charge < -0.3 is 14.7 Å². The molecular weight excluding hydrogens is 300 g/mol. The molecule has 0 aromatic carbocycles. The van der Waals surface area contributed by atoms with Gasteiger partial charge in [0.05, 0.1) is 24.3 Å². The second kappa shape index (κ2) is 5.77. The number of carbonyl (C=O) groups is 1. The lowest BCUT2D eigenvalue weighted by molar-refractivity contribution is 0.0647. The molecule has 0 spiro atoms. The van der Waals surface area contributed by atoms with Crippen LogP contribution in [0.3, 0.4) is 0 Å². The van der Waals surface area contributed by atoms with Gasteiger partial charge in [0.2, 0.25) is 0 Å². The second-order valence-electron chi connectivity index (χ2n) is 4.24.